The molecule has 0 bridgehead atoms. The number of halogens is 2. The van der Waals surface area contributed by atoms with Gasteiger partial charge in [0.15, 0.2) is 17.4 Å². The van der Waals surface area contributed by atoms with E-state index in [1.807, 2.05) is 13.8 Å². The summed E-state index contributed by atoms with van der Waals surface area (Å²) in [6, 6.07) is 1.04. The largest absolute Gasteiger partial charge is 0.491 e. The van der Waals surface area contributed by atoms with E-state index in [1.54, 1.807) is 0 Å². The van der Waals surface area contributed by atoms with Crippen LogP contribution in [0.3, 0.4) is 0 Å². The van der Waals surface area contributed by atoms with Crippen LogP contribution in [-0.4, -0.2) is 7.11 Å². The monoisotopic (exact) mass is 203 g/mol. The van der Waals surface area contributed by atoms with Crippen molar-refractivity contribution in [2.45, 2.75) is 20.8 Å². The van der Waals surface area contributed by atoms with Gasteiger partial charge in [-0.25, -0.2) is 8.78 Å². The first-order valence-corrected chi connectivity index (χ1v) is 4.36. The van der Waals surface area contributed by atoms with Crippen LogP contribution in [0.2, 0.25) is 0 Å². The Balaban J connectivity index is 0.000000791. The predicted octanol–water partition coefficient (Wildman–Crippen LogP) is 2.89. The van der Waals surface area contributed by atoms with E-state index in [0.29, 0.717) is 0 Å². The van der Waals surface area contributed by atoms with E-state index in [0.717, 1.165) is 6.07 Å². The molecular weight excluding hydrogens is 188 g/mol. The lowest BCUT2D eigenvalue weighted by atomic mass is 10.2. The predicted molar refractivity (Wildman–Crippen MR) is 53.4 cm³/mol. The molecular formula is C10H15F2NO. The fourth-order valence-electron chi connectivity index (χ4n) is 0.899. The van der Waals surface area contributed by atoms with Crippen molar-refractivity contribution in [3.05, 3.63) is 23.3 Å². The molecule has 0 fully saturated rings. The van der Waals surface area contributed by atoms with Crippen molar-refractivity contribution in [3.8, 4) is 5.75 Å². The number of rotatable bonds is 1. The highest BCUT2D eigenvalue weighted by molar-refractivity contribution is 5.51. The topological polar surface area (TPSA) is 35.2 Å². The standard InChI is InChI=1S/C8H9F2NO.C2H6/c1-4-6(11)3-5(9)8(12-2)7(4)10;1-2/h3H,11H2,1-2H3;1-2H3. The van der Waals surface area contributed by atoms with E-state index >= 15 is 0 Å². The number of hydrogen-bond donors (Lipinski definition) is 1. The van der Waals surface area contributed by atoms with E-state index in [1.165, 1.54) is 14.0 Å². The summed E-state index contributed by atoms with van der Waals surface area (Å²) < 4.78 is 30.4. The molecule has 0 saturated heterocycles. The van der Waals surface area contributed by atoms with E-state index in [4.69, 9.17) is 5.73 Å². The third kappa shape index (κ3) is 2.34. The Labute approximate surface area is 82.7 Å². The van der Waals surface area contributed by atoms with Crippen molar-refractivity contribution in [2.24, 2.45) is 0 Å². The zero-order valence-corrected chi connectivity index (χ0v) is 8.82. The average Bonchev–Trinajstić information content (AvgIpc) is 2.18. The second kappa shape index (κ2) is 5.42. The van der Waals surface area contributed by atoms with E-state index in [2.05, 4.69) is 4.74 Å². The van der Waals surface area contributed by atoms with Crippen LogP contribution in [0.25, 0.3) is 0 Å². The Morgan fingerprint density at radius 1 is 1.29 bits per heavy atom. The number of hydrogen-bond acceptors (Lipinski definition) is 2. The molecule has 2 nitrogen and oxygen atoms in total. The van der Waals surface area contributed by atoms with Gasteiger partial charge in [0.25, 0.3) is 0 Å². The third-order valence-electron chi connectivity index (χ3n) is 1.66. The lowest BCUT2D eigenvalue weighted by Gasteiger charge is -2.07. The van der Waals surface area contributed by atoms with Gasteiger partial charge in [0.1, 0.15) is 0 Å². The number of nitrogens with two attached hydrogens (primary N) is 1. The van der Waals surface area contributed by atoms with Crippen molar-refractivity contribution in [1.82, 2.24) is 0 Å². The molecule has 0 aliphatic rings. The lowest BCUT2D eigenvalue weighted by Crippen LogP contribution is -1.99. The Bertz CT molecular complexity index is 313. The minimum Gasteiger partial charge on any atom is -0.491 e. The number of benzene rings is 1. The van der Waals surface area contributed by atoms with Crippen molar-refractivity contribution >= 4 is 5.69 Å². The summed E-state index contributed by atoms with van der Waals surface area (Å²) in [4.78, 5) is 0. The van der Waals surface area contributed by atoms with Crippen LogP contribution >= 0.6 is 0 Å². The van der Waals surface area contributed by atoms with Crippen molar-refractivity contribution in [2.75, 3.05) is 12.8 Å². The molecule has 0 aliphatic carbocycles. The minimum atomic E-state index is -0.780. The Morgan fingerprint density at radius 3 is 2.21 bits per heavy atom. The first-order chi connectivity index (χ1) is 6.57. The lowest BCUT2D eigenvalue weighted by molar-refractivity contribution is 0.359. The smallest absolute Gasteiger partial charge is 0.190 e. The zero-order chi connectivity index (χ0) is 11.3. The first kappa shape index (κ1) is 12.7. The molecule has 0 saturated carbocycles. The molecule has 0 aromatic heterocycles. The Kier molecular flexibility index (Phi) is 4.91. The van der Waals surface area contributed by atoms with Gasteiger partial charge in [0.05, 0.1) is 7.11 Å². The molecule has 80 valence electrons. The van der Waals surface area contributed by atoms with E-state index in [-0.39, 0.29) is 17.0 Å². The molecule has 0 unspecified atom stereocenters. The minimum absolute atomic E-state index is 0.0887. The second-order valence-electron chi connectivity index (χ2n) is 2.42. The molecule has 0 atom stereocenters. The molecule has 0 aliphatic heterocycles. The SMILES string of the molecule is CC.COc1c(F)cc(N)c(C)c1F. The van der Waals surface area contributed by atoms with Gasteiger partial charge < -0.3 is 10.5 Å². The summed E-state index contributed by atoms with van der Waals surface area (Å²) in [6.45, 7) is 5.46. The van der Waals surface area contributed by atoms with Crippen LogP contribution in [0, 0.1) is 18.6 Å². The number of methoxy groups -OCH3 is 1. The van der Waals surface area contributed by atoms with Gasteiger partial charge in [0.2, 0.25) is 0 Å². The molecule has 14 heavy (non-hydrogen) atoms. The molecule has 4 heteroatoms. The Hall–Kier alpha value is -1.32. The molecule has 1 aromatic carbocycles. The molecule has 0 amide bonds. The summed E-state index contributed by atoms with van der Waals surface area (Å²) in [5, 5.41) is 0. The third-order valence-corrected chi connectivity index (χ3v) is 1.66. The van der Waals surface area contributed by atoms with Gasteiger partial charge in [0, 0.05) is 17.3 Å². The van der Waals surface area contributed by atoms with Crippen molar-refractivity contribution in [3.63, 3.8) is 0 Å². The summed E-state index contributed by atoms with van der Waals surface area (Å²) >= 11 is 0. The van der Waals surface area contributed by atoms with Crippen LogP contribution < -0.4 is 10.5 Å². The summed E-state index contributed by atoms with van der Waals surface area (Å²) in [5.74, 6) is -1.91. The average molecular weight is 203 g/mol. The fourth-order valence-corrected chi connectivity index (χ4v) is 0.899. The molecule has 0 radical (unpaired) electrons. The number of anilines is 1. The highest BCUT2D eigenvalue weighted by Crippen LogP contribution is 2.27. The van der Waals surface area contributed by atoms with Gasteiger partial charge >= 0.3 is 0 Å². The van der Waals surface area contributed by atoms with Gasteiger partial charge in [-0.2, -0.15) is 0 Å². The molecule has 1 rings (SSSR count). The maximum Gasteiger partial charge on any atom is 0.190 e. The molecule has 0 heterocycles. The van der Waals surface area contributed by atoms with Crippen LogP contribution in [0.5, 0.6) is 5.75 Å². The summed E-state index contributed by atoms with van der Waals surface area (Å²) in [6.07, 6.45) is 0. The van der Waals surface area contributed by atoms with Crippen molar-refractivity contribution in [1.29, 1.82) is 0 Å². The highest BCUT2D eigenvalue weighted by Gasteiger charge is 2.14. The number of nitrogen functional groups attached to an aromatic ring is 1. The van der Waals surface area contributed by atoms with E-state index in [9.17, 15) is 8.78 Å². The zero-order valence-electron chi connectivity index (χ0n) is 8.82. The van der Waals surface area contributed by atoms with E-state index < -0.39 is 11.6 Å². The first-order valence-electron chi connectivity index (χ1n) is 4.36. The maximum atomic E-state index is 13.1. The fraction of sp³-hybridized carbons (Fsp3) is 0.400. The normalized spacial score (nSPS) is 9.00. The summed E-state index contributed by atoms with van der Waals surface area (Å²) in [5.41, 5.74) is 5.60. The molecule has 0 spiro atoms. The quantitative estimate of drug-likeness (QED) is 0.712. The van der Waals surface area contributed by atoms with Crippen LogP contribution in [0.15, 0.2) is 6.07 Å². The van der Waals surface area contributed by atoms with Gasteiger partial charge in [-0.1, -0.05) is 13.8 Å². The van der Waals surface area contributed by atoms with Gasteiger partial charge in [-0.15, -0.1) is 0 Å². The highest BCUT2D eigenvalue weighted by atomic mass is 19.1. The molecule has 2 N–H and O–H groups in total. The van der Waals surface area contributed by atoms with Crippen LogP contribution in [0.4, 0.5) is 14.5 Å². The summed E-state index contributed by atoms with van der Waals surface area (Å²) in [7, 11) is 1.21. The van der Waals surface area contributed by atoms with Gasteiger partial charge in [-0.05, 0) is 6.92 Å². The van der Waals surface area contributed by atoms with Crippen molar-refractivity contribution < 1.29 is 13.5 Å². The van der Waals surface area contributed by atoms with Gasteiger partial charge in [-0.3, -0.25) is 0 Å². The Morgan fingerprint density at radius 2 is 1.79 bits per heavy atom. The molecule has 1 aromatic rings. The maximum absolute atomic E-state index is 13.1. The number of ether oxygens (including phenoxy) is 1. The van der Waals surface area contributed by atoms with Crippen LogP contribution in [0.1, 0.15) is 19.4 Å². The van der Waals surface area contributed by atoms with Crippen LogP contribution in [-0.2, 0) is 0 Å². The second-order valence-corrected chi connectivity index (χ2v) is 2.42.